The highest BCUT2D eigenvalue weighted by Crippen LogP contribution is 2.33. The first-order valence-corrected chi connectivity index (χ1v) is 12.6. The van der Waals surface area contributed by atoms with Crippen molar-refractivity contribution in [2.75, 3.05) is 25.5 Å². The Balaban J connectivity index is 1.35. The minimum Gasteiger partial charge on any atom is -0.354 e. The number of rotatable bonds is 5. The summed E-state index contributed by atoms with van der Waals surface area (Å²) in [5.74, 6) is -0.0885. The number of nitrogens with zero attached hydrogens (tertiary/aromatic N) is 5. The summed E-state index contributed by atoms with van der Waals surface area (Å²) < 4.78 is 2.11. The molecule has 1 saturated heterocycles. The summed E-state index contributed by atoms with van der Waals surface area (Å²) in [6.07, 6.45) is 10.7. The van der Waals surface area contributed by atoms with Gasteiger partial charge in [-0.05, 0) is 74.3 Å². The number of carbonyl (C=O) groups is 1. The Morgan fingerprint density at radius 2 is 1.81 bits per heavy atom. The summed E-state index contributed by atoms with van der Waals surface area (Å²) in [5, 5.41) is 7.84. The standard InChI is InChI=1S/C29H29N7O/c1-35-12-7-21(8-13-35)34-29(37)23-5-9-30-18-26(23)33-22-16-24(28-25(17-22)31-10-11-32-28)20-4-3-19-6-14-36(2)27(19)15-20/h3-6,9-11,14-18,21,33H,7-8,12-13H2,1-2H3,(H,34,37). The van der Waals surface area contributed by atoms with Gasteiger partial charge in [-0.15, -0.1) is 0 Å². The molecule has 6 rings (SSSR count). The van der Waals surface area contributed by atoms with Gasteiger partial charge in [0.1, 0.15) is 0 Å². The molecule has 0 saturated carbocycles. The molecule has 5 aromatic rings. The van der Waals surface area contributed by atoms with Crippen molar-refractivity contribution < 1.29 is 4.79 Å². The van der Waals surface area contributed by atoms with Crippen molar-refractivity contribution in [3.63, 3.8) is 0 Å². The van der Waals surface area contributed by atoms with E-state index in [1.54, 1.807) is 30.9 Å². The van der Waals surface area contributed by atoms with Crippen LogP contribution < -0.4 is 10.6 Å². The lowest BCUT2D eigenvalue weighted by Crippen LogP contribution is -2.43. The Hall–Kier alpha value is -4.30. The molecular formula is C29H29N7O. The third kappa shape index (κ3) is 4.63. The molecule has 4 heterocycles. The van der Waals surface area contributed by atoms with Gasteiger partial charge in [0, 0.05) is 54.6 Å². The fourth-order valence-electron chi connectivity index (χ4n) is 5.06. The van der Waals surface area contributed by atoms with E-state index in [4.69, 9.17) is 0 Å². The summed E-state index contributed by atoms with van der Waals surface area (Å²) in [6, 6.07) is 14.5. The van der Waals surface area contributed by atoms with Crippen LogP contribution in [-0.4, -0.2) is 56.5 Å². The zero-order valence-corrected chi connectivity index (χ0v) is 21.0. The number of anilines is 2. The van der Waals surface area contributed by atoms with Crippen LogP contribution in [0.15, 0.2) is 73.4 Å². The normalized spacial score (nSPS) is 14.8. The minimum atomic E-state index is -0.0885. The van der Waals surface area contributed by atoms with E-state index < -0.39 is 0 Å². The highest BCUT2D eigenvalue weighted by Gasteiger charge is 2.21. The lowest BCUT2D eigenvalue weighted by Gasteiger charge is -2.29. The Labute approximate surface area is 215 Å². The van der Waals surface area contributed by atoms with Crippen LogP contribution >= 0.6 is 0 Å². The fourth-order valence-corrected chi connectivity index (χ4v) is 5.06. The van der Waals surface area contributed by atoms with Gasteiger partial charge in [-0.1, -0.05) is 12.1 Å². The number of nitrogens with one attached hydrogen (secondary N) is 2. The molecule has 37 heavy (non-hydrogen) atoms. The summed E-state index contributed by atoms with van der Waals surface area (Å²) in [6.45, 7) is 1.98. The van der Waals surface area contributed by atoms with Crippen molar-refractivity contribution in [1.29, 1.82) is 0 Å². The average Bonchev–Trinajstić information content (AvgIpc) is 3.29. The lowest BCUT2D eigenvalue weighted by molar-refractivity contribution is 0.0917. The van der Waals surface area contributed by atoms with Gasteiger partial charge < -0.3 is 20.1 Å². The molecule has 1 fully saturated rings. The highest BCUT2D eigenvalue weighted by molar-refractivity contribution is 6.01. The second kappa shape index (κ2) is 9.63. The average molecular weight is 492 g/mol. The van der Waals surface area contributed by atoms with E-state index >= 15 is 0 Å². The number of likely N-dealkylation sites (tertiary alicyclic amines) is 1. The lowest BCUT2D eigenvalue weighted by atomic mass is 10.0. The molecule has 8 heteroatoms. The Bertz CT molecular complexity index is 1600. The fraction of sp³-hybridized carbons (Fsp3) is 0.241. The zero-order valence-electron chi connectivity index (χ0n) is 21.0. The molecule has 0 radical (unpaired) electrons. The predicted octanol–water partition coefficient (Wildman–Crippen LogP) is 4.75. The first-order valence-electron chi connectivity index (χ1n) is 12.6. The summed E-state index contributed by atoms with van der Waals surface area (Å²) in [5.41, 5.74) is 6.81. The maximum Gasteiger partial charge on any atom is 0.253 e. The maximum atomic E-state index is 13.2. The van der Waals surface area contributed by atoms with Crippen molar-refractivity contribution in [2.45, 2.75) is 18.9 Å². The Kier molecular flexibility index (Phi) is 6.02. The van der Waals surface area contributed by atoms with Crippen LogP contribution in [0, 0.1) is 0 Å². The number of amides is 1. The second-order valence-corrected chi connectivity index (χ2v) is 9.75. The molecule has 2 aromatic carbocycles. The van der Waals surface area contributed by atoms with Crippen molar-refractivity contribution in [3.05, 3.63) is 79.0 Å². The van der Waals surface area contributed by atoms with Gasteiger partial charge in [0.2, 0.25) is 0 Å². The van der Waals surface area contributed by atoms with E-state index in [2.05, 4.69) is 78.6 Å². The molecule has 186 valence electrons. The van der Waals surface area contributed by atoms with Crippen LogP contribution in [0.25, 0.3) is 33.1 Å². The highest BCUT2D eigenvalue weighted by atomic mass is 16.1. The van der Waals surface area contributed by atoms with Crippen LogP contribution in [0.3, 0.4) is 0 Å². The predicted molar refractivity (Wildman–Crippen MR) is 147 cm³/mol. The van der Waals surface area contributed by atoms with Gasteiger partial charge >= 0.3 is 0 Å². The van der Waals surface area contributed by atoms with Gasteiger partial charge in [-0.2, -0.15) is 0 Å². The van der Waals surface area contributed by atoms with Crippen molar-refractivity contribution in [2.24, 2.45) is 7.05 Å². The van der Waals surface area contributed by atoms with Gasteiger partial charge in [0.25, 0.3) is 5.91 Å². The molecule has 2 N–H and O–H groups in total. The molecule has 0 aliphatic carbocycles. The maximum absolute atomic E-state index is 13.2. The third-order valence-corrected chi connectivity index (χ3v) is 7.17. The molecular weight excluding hydrogens is 462 g/mol. The second-order valence-electron chi connectivity index (χ2n) is 9.75. The molecule has 0 atom stereocenters. The topological polar surface area (TPSA) is 88.0 Å². The number of aryl methyl sites for hydroxylation is 1. The van der Waals surface area contributed by atoms with Gasteiger partial charge in [-0.25, -0.2) is 0 Å². The third-order valence-electron chi connectivity index (χ3n) is 7.17. The SMILES string of the molecule is CN1CCC(NC(=O)c2ccncc2Nc2cc(-c3ccc4ccn(C)c4c3)c3nccnc3c2)CC1. The van der Waals surface area contributed by atoms with Crippen LogP contribution in [0.2, 0.25) is 0 Å². The van der Waals surface area contributed by atoms with Gasteiger partial charge in [0.15, 0.2) is 0 Å². The molecule has 1 aliphatic heterocycles. The van der Waals surface area contributed by atoms with E-state index in [0.717, 1.165) is 59.3 Å². The number of fused-ring (bicyclic) bond motifs is 2. The van der Waals surface area contributed by atoms with Crippen LogP contribution in [0.5, 0.6) is 0 Å². The number of piperidine rings is 1. The van der Waals surface area contributed by atoms with Crippen molar-refractivity contribution in [1.82, 2.24) is 29.7 Å². The molecule has 3 aromatic heterocycles. The number of aromatic nitrogens is 4. The van der Waals surface area contributed by atoms with Crippen LogP contribution in [-0.2, 0) is 7.05 Å². The van der Waals surface area contributed by atoms with Gasteiger partial charge in [-0.3, -0.25) is 19.7 Å². The molecule has 1 amide bonds. The first kappa shape index (κ1) is 23.1. The summed E-state index contributed by atoms with van der Waals surface area (Å²) in [4.78, 5) is 29.0. The van der Waals surface area contributed by atoms with E-state index in [-0.39, 0.29) is 11.9 Å². The van der Waals surface area contributed by atoms with Crippen LogP contribution in [0.1, 0.15) is 23.2 Å². The molecule has 1 aliphatic rings. The van der Waals surface area contributed by atoms with E-state index in [0.29, 0.717) is 11.3 Å². The minimum absolute atomic E-state index is 0.0885. The number of benzene rings is 2. The van der Waals surface area contributed by atoms with Crippen molar-refractivity contribution in [3.8, 4) is 11.1 Å². The summed E-state index contributed by atoms with van der Waals surface area (Å²) >= 11 is 0. The molecule has 0 unspecified atom stereocenters. The number of hydrogen-bond donors (Lipinski definition) is 2. The quantitative estimate of drug-likeness (QED) is 0.369. The number of carbonyl (C=O) groups excluding carboxylic acids is 1. The Morgan fingerprint density at radius 3 is 2.68 bits per heavy atom. The molecule has 0 spiro atoms. The smallest absolute Gasteiger partial charge is 0.253 e. The van der Waals surface area contributed by atoms with Crippen molar-refractivity contribution >= 4 is 39.2 Å². The molecule has 8 nitrogen and oxygen atoms in total. The largest absolute Gasteiger partial charge is 0.354 e. The summed E-state index contributed by atoms with van der Waals surface area (Å²) in [7, 11) is 4.16. The number of pyridine rings is 1. The van der Waals surface area contributed by atoms with E-state index in [1.807, 2.05) is 13.1 Å². The monoisotopic (exact) mass is 491 g/mol. The zero-order chi connectivity index (χ0) is 25.4. The number of hydrogen-bond acceptors (Lipinski definition) is 6. The Morgan fingerprint density at radius 1 is 0.973 bits per heavy atom. The van der Waals surface area contributed by atoms with Gasteiger partial charge in [0.05, 0.1) is 28.5 Å². The van der Waals surface area contributed by atoms with Crippen LogP contribution in [0.4, 0.5) is 11.4 Å². The van der Waals surface area contributed by atoms with E-state index in [1.165, 1.54) is 5.39 Å². The first-order chi connectivity index (χ1) is 18.0. The molecule has 0 bridgehead atoms. The van der Waals surface area contributed by atoms with E-state index in [9.17, 15) is 4.79 Å².